The van der Waals surface area contributed by atoms with Crippen molar-refractivity contribution in [1.82, 2.24) is 15.8 Å². The van der Waals surface area contributed by atoms with E-state index in [9.17, 15) is 10.1 Å². The van der Waals surface area contributed by atoms with E-state index in [1.165, 1.54) is 0 Å². The van der Waals surface area contributed by atoms with Crippen LogP contribution in [0.5, 0.6) is 5.75 Å². The number of amides is 1. The number of carbonyl (C=O) groups is 1. The van der Waals surface area contributed by atoms with Crippen LogP contribution in [0.25, 0.3) is 11.1 Å². The first-order valence-electron chi connectivity index (χ1n) is 9.93. The minimum atomic E-state index is 0.0176. The van der Waals surface area contributed by atoms with Crippen LogP contribution in [-0.2, 0) is 4.79 Å². The van der Waals surface area contributed by atoms with Gasteiger partial charge >= 0.3 is 0 Å². The summed E-state index contributed by atoms with van der Waals surface area (Å²) >= 11 is 0. The first-order chi connectivity index (χ1) is 14.1. The molecule has 2 aliphatic rings. The third-order valence-corrected chi connectivity index (χ3v) is 6.28. The zero-order chi connectivity index (χ0) is 20.4. The molecule has 1 saturated carbocycles. The minimum absolute atomic E-state index is 0.0176. The number of carbonyl (C=O) groups excluding carboxylic acids is 1. The number of nitrogens with two attached hydrogens (primary N) is 1. The van der Waals surface area contributed by atoms with Crippen molar-refractivity contribution in [3.8, 4) is 22.9 Å². The number of nitrogens with one attached hydrogen (secondary N) is 2. The van der Waals surface area contributed by atoms with Gasteiger partial charge in [-0.15, -0.1) is 0 Å². The third kappa shape index (κ3) is 3.69. The van der Waals surface area contributed by atoms with Crippen LogP contribution in [0.4, 0.5) is 0 Å². The van der Waals surface area contributed by atoms with E-state index in [2.05, 4.69) is 28.0 Å². The second-order valence-corrected chi connectivity index (χ2v) is 7.79. The van der Waals surface area contributed by atoms with Crippen molar-refractivity contribution in [3.05, 3.63) is 47.8 Å². The van der Waals surface area contributed by atoms with Gasteiger partial charge in [-0.3, -0.25) is 15.2 Å². The van der Waals surface area contributed by atoms with Gasteiger partial charge < -0.3 is 10.5 Å². The number of aromatic nitrogens is 1. The summed E-state index contributed by atoms with van der Waals surface area (Å²) in [5.74, 6) is 1.27. The molecule has 0 bridgehead atoms. The van der Waals surface area contributed by atoms with Crippen LogP contribution in [0.2, 0.25) is 0 Å². The number of nitriles is 1. The molecule has 1 aromatic heterocycles. The minimum Gasteiger partial charge on any atom is -0.497 e. The summed E-state index contributed by atoms with van der Waals surface area (Å²) in [7, 11) is 1.59. The van der Waals surface area contributed by atoms with Crippen molar-refractivity contribution in [2.75, 3.05) is 13.7 Å². The fourth-order valence-electron chi connectivity index (χ4n) is 4.70. The Hall–Kier alpha value is -2.95. The van der Waals surface area contributed by atoms with Gasteiger partial charge in [-0.25, -0.2) is 5.43 Å². The van der Waals surface area contributed by atoms with Gasteiger partial charge in [0.15, 0.2) is 0 Å². The maximum Gasteiger partial charge on any atom is 0.237 e. The highest BCUT2D eigenvalue weighted by Crippen LogP contribution is 2.42. The number of benzene rings is 1. The van der Waals surface area contributed by atoms with E-state index in [1.807, 2.05) is 18.3 Å². The van der Waals surface area contributed by atoms with Crippen LogP contribution in [0.3, 0.4) is 0 Å². The summed E-state index contributed by atoms with van der Waals surface area (Å²) in [4.78, 5) is 16.7. The highest BCUT2D eigenvalue weighted by atomic mass is 16.5. The summed E-state index contributed by atoms with van der Waals surface area (Å²) in [6.07, 6.45) is 6.36. The predicted octanol–water partition coefficient (Wildman–Crippen LogP) is 2.09. The zero-order valence-electron chi connectivity index (χ0n) is 16.4. The SMILES string of the molecule is COc1ccc(-c2cncc(C3CCC4C(=O)NNC(CN)C4C3)c2)c(C#N)c1. The van der Waals surface area contributed by atoms with E-state index in [-0.39, 0.29) is 23.8 Å². The Labute approximate surface area is 170 Å². The van der Waals surface area contributed by atoms with E-state index in [0.717, 1.165) is 36.0 Å². The number of methoxy groups -OCH3 is 1. The molecule has 7 nitrogen and oxygen atoms in total. The second kappa shape index (κ2) is 8.19. The maximum atomic E-state index is 12.2. The number of hydrogen-bond donors (Lipinski definition) is 3. The number of rotatable bonds is 4. The second-order valence-electron chi connectivity index (χ2n) is 7.79. The van der Waals surface area contributed by atoms with E-state index < -0.39 is 0 Å². The molecule has 0 radical (unpaired) electrons. The highest BCUT2D eigenvalue weighted by Gasteiger charge is 2.42. The Morgan fingerprint density at radius 2 is 2.17 bits per heavy atom. The molecule has 1 amide bonds. The molecule has 1 aliphatic carbocycles. The Morgan fingerprint density at radius 1 is 1.31 bits per heavy atom. The standard InChI is InChI=1S/C22H25N5O2/c1-29-17-3-5-18(14(7-17)9-23)16-6-15(11-25-12-16)13-2-4-19-20(8-13)21(10-24)26-27-22(19)28/h3,5-7,11-13,19-21,26H,2,4,8,10,24H2,1H3,(H,27,28). The number of hydrazine groups is 1. The highest BCUT2D eigenvalue weighted by molar-refractivity contribution is 5.79. The lowest BCUT2D eigenvalue weighted by Gasteiger charge is -2.43. The number of fused-ring (bicyclic) bond motifs is 1. The van der Waals surface area contributed by atoms with Gasteiger partial charge in [0, 0.05) is 42.0 Å². The molecular formula is C22H25N5O2. The first-order valence-corrected chi connectivity index (χ1v) is 9.93. The normalized spacial score (nSPS) is 26.2. The summed E-state index contributed by atoms with van der Waals surface area (Å²) in [6, 6.07) is 9.95. The molecule has 2 aromatic rings. The number of hydrogen-bond acceptors (Lipinski definition) is 6. The van der Waals surface area contributed by atoms with E-state index in [0.29, 0.717) is 23.8 Å². The van der Waals surface area contributed by atoms with Crippen molar-refractivity contribution < 1.29 is 9.53 Å². The molecule has 4 N–H and O–H groups in total. The fourth-order valence-corrected chi connectivity index (χ4v) is 4.70. The molecule has 4 unspecified atom stereocenters. The first kappa shape index (κ1) is 19.4. The molecule has 7 heteroatoms. The lowest BCUT2D eigenvalue weighted by molar-refractivity contribution is -0.133. The average molecular weight is 391 g/mol. The smallest absolute Gasteiger partial charge is 0.237 e. The number of nitrogens with zero attached hydrogens (tertiary/aromatic N) is 2. The van der Waals surface area contributed by atoms with Gasteiger partial charge in [-0.2, -0.15) is 5.26 Å². The Balaban J connectivity index is 1.61. The van der Waals surface area contributed by atoms with E-state index >= 15 is 0 Å². The quantitative estimate of drug-likeness (QED) is 0.736. The van der Waals surface area contributed by atoms with Crippen molar-refractivity contribution in [3.63, 3.8) is 0 Å². The Bertz CT molecular complexity index is 954. The fraction of sp³-hybridized carbons (Fsp3) is 0.409. The summed E-state index contributed by atoms with van der Waals surface area (Å²) in [5, 5.41) is 9.55. The molecule has 1 saturated heterocycles. The van der Waals surface area contributed by atoms with Gasteiger partial charge in [0.1, 0.15) is 5.75 Å². The molecule has 150 valence electrons. The monoisotopic (exact) mass is 391 g/mol. The van der Waals surface area contributed by atoms with Gasteiger partial charge in [0.05, 0.1) is 18.7 Å². The maximum absolute atomic E-state index is 12.2. The molecule has 4 rings (SSSR count). The topological polar surface area (TPSA) is 113 Å². The van der Waals surface area contributed by atoms with Crippen LogP contribution >= 0.6 is 0 Å². The predicted molar refractivity (Wildman–Crippen MR) is 109 cm³/mol. The van der Waals surface area contributed by atoms with Gasteiger partial charge in [-0.05, 0) is 60.9 Å². The summed E-state index contributed by atoms with van der Waals surface area (Å²) in [5.41, 5.74) is 15.2. The molecule has 2 heterocycles. The van der Waals surface area contributed by atoms with E-state index in [1.54, 1.807) is 19.4 Å². The zero-order valence-corrected chi connectivity index (χ0v) is 16.4. The summed E-state index contributed by atoms with van der Waals surface area (Å²) < 4.78 is 5.23. The van der Waals surface area contributed by atoms with Crippen LogP contribution in [0.1, 0.15) is 36.3 Å². The number of ether oxygens (including phenoxy) is 1. The average Bonchev–Trinajstić information content (AvgIpc) is 2.78. The van der Waals surface area contributed by atoms with Crippen LogP contribution in [0, 0.1) is 23.2 Å². The molecule has 1 aromatic carbocycles. The van der Waals surface area contributed by atoms with Crippen LogP contribution in [0.15, 0.2) is 36.7 Å². The van der Waals surface area contributed by atoms with Crippen LogP contribution in [-0.4, -0.2) is 30.6 Å². The Morgan fingerprint density at radius 3 is 2.93 bits per heavy atom. The molecule has 29 heavy (non-hydrogen) atoms. The number of pyridine rings is 1. The Kier molecular flexibility index (Phi) is 5.47. The van der Waals surface area contributed by atoms with Gasteiger partial charge in [0.2, 0.25) is 5.91 Å². The van der Waals surface area contributed by atoms with Crippen LogP contribution < -0.4 is 21.3 Å². The molecular weight excluding hydrogens is 366 g/mol. The largest absolute Gasteiger partial charge is 0.497 e. The molecule has 0 spiro atoms. The van der Waals surface area contributed by atoms with Crippen molar-refractivity contribution in [1.29, 1.82) is 5.26 Å². The van der Waals surface area contributed by atoms with Crippen molar-refractivity contribution >= 4 is 5.91 Å². The summed E-state index contributed by atoms with van der Waals surface area (Å²) in [6.45, 7) is 0.490. The van der Waals surface area contributed by atoms with E-state index in [4.69, 9.17) is 10.5 Å². The van der Waals surface area contributed by atoms with Gasteiger partial charge in [-0.1, -0.05) is 0 Å². The third-order valence-electron chi connectivity index (χ3n) is 6.28. The lowest BCUT2D eigenvalue weighted by atomic mass is 9.68. The molecule has 2 fully saturated rings. The lowest BCUT2D eigenvalue weighted by Crippen LogP contribution is -2.62. The molecule has 4 atom stereocenters. The van der Waals surface area contributed by atoms with Crippen molar-refractivity contribution in [2.45, 2.75) is 31.2 Å². The van der Waals surface area contributed by atoms with Crippen molar-refractivity contribution in [2.24, 2.45) is 17.6 Å². The van der Waals surface area contributed by atoms with Gasteiger partial charge in [0.25, 0.3) is 0 Å². The molecule has 1 aliphatic heterocycles.